The van der Waals surface area contributed by atoms with E-state index in [1.54, 1.807) is 14.2 Å². The summed E-state index contributed by atoms with van der Waals surface area (Å²) < 4.78 is 35.5. The van der Waals surface area contributed by atoms with E-state index in [0.717, 1.165) is 23.8 Å². The van der Waals surface area contributed by atoms with Crippen LogP contribution in [0.2, 0.25) is 32.7 Å². The van der Waals surface area contributed by atoms with Crippen molar-refractivity contribution in [3.8, 4) is 0 Å². The molecule has 13 heteroatoms. The normalized spacial score (nSPS) is 17.1. The second-order valence-corrected chi connectivity index (χ2v) is 22.4. The Bertz CT molecular complexity index is 761. The van der Waals surface area contributed by atoms with Crippen molar-refractivity contribution in [2.24, 2.45) is 0 Å². The van der Waals surface area contributed by atoms with Crippen molar-refractivity contribution >= 4 is 31.1 Å². The summed E-state index contributed by atoms with van der Waals surface area (Å²) in [6, 6.07) is 8.60. The van der Waals surface area contributed by atoms with Gasteiger partial charge < -0.3 is 48.3 Å². The van der Waals surface area contributed by atoms with Gasteiger partial charge in [0, 0.05) is 51.8 Å². The Hall–Kier alpha value is -0.689. The number of nitrogen functional groups attached to an aromatic ring is 1. The van der Waals surface area contributed by atoms with E-state index in [0.29, 0.717) is 39.1 Å². The lowest BCUT2D eigenvalue weighted by Crippen LogP contribution is -2.61. The van der Waals surface area contributed by atoms with Crippen molar-refractivity contribution in [2.45, 2.75) is 57.9 Å². The largest absolute Gasteiger partial charge is 0.436 e. The Balaban J connectivity index is 2.43. The number of hydrogen-bond acceptors (Lipinski definition) is 10. The van der Waals surface area contributed by atoms with Crippen LogP contribution in [0.3, 0.4) is 0 Å². The third-order valence-corrected chi connectivity index (χ3v) is 16.1. The van der Waals surface area contributed by atoms with Crippen LogP contribution in [0.5, 0.6) is 0 Å². The molecule has 0 bridgehead atoms. The predicted molar refractivity (Wildman–Crippen MR) is 160 cm³/mol. The number of hydrogen-bond donors (Lipinski definition) is 4. The number of nitrogens with one attached hydrogen (secondary N) is 2. The summed E-state index contributed by atoms with van der Waals surface area (Å²) in [5, 5.41) is 16.9. The number of aliphatic hydroxyl groups excluding tert-OH is 1. The van der Waals surface area contributed by atoms with Crippen molar-refractivity contribution in [2.75, 3.05) is 72.2 Å². The van der Waals surface area contributed by atoms with E-state index in [2.05, 4.69) is 43.4 Å². The maximum Gasteiger partial charge on any atom is 0.330 e. The molecule has 1 aromatic rings. The Morgan fingerprint density at radius 1 is 0.868 bits per heavy atom. The van der Waals surface area contributed by atoms with Crippen molar-refractivity contribution in [3.05, 3.63) is 29.8 Å². The second-order valence-electron chi connectivity index (χ2n) is 10.9. The van der Waals surface area contributed by atoms with Gasteiger partial charge in [0.2, 0.25) is 0 Å². The molecule has 1 aromatic carbocycles. The van der Waals surface area contributed by atoms with Crippen LogP contribution in [0.15, 0.2) is 24.3 Å². The average molecular weight is 592 g/mol. The van der Waals surface area contributed by atoms with Crippen LogP contribution in [0.25, 0.3) is 0 Å². The highest BCUT2D eigenvalue weighted by Crippen LogP contribution is 2.24. The topological polar surface area (TPSA) is 126 Å². The number of anilines is 1. The van der Waals surface area contributed by atoms with Gasteiger partial charge in [-0.15, -0.1) is 0 Å². The molecule has 0 aromatic heterocycles. The first kappa shape index (κ1) is 35.3. The van der Waals surface area contributed by atoms with Gasteiger partial charge in [0.25, 0.3) is 0 Å². The molecule has 4 unspecified atom stereocenters. The van der Waals surface area contributed by atoms with Crippen molar-refractivity contribution < 1.29 is 32.0 Å². The molecule has 4 atom stereocenters. The fourth-order valence-corrected chi connectivity index (χ4v) is 16.2. The molecule has 0 saturated heterocycles. The molecule has 0 aliphatic heterocycles. The average Bonchev–Trinajstić information content (AvgIpc) is 2.83. The van der Waals surface area contributed by atoms with Crippen molar-refractivity contribution in [1.29, 1.82) is 0 Å². The molecule has 0 saturated carbocycles. The van der Waals surface area contributed by atoms with Crippen LogP contribution in [0, 0.1) is 0 Å². The van der Waals surface area contributed by atoms with E-state index in [9.17, 15) is 5.11 Å². The monoisotopic (exact) mass is 591 g/mol. The molecule has 5 N–H and O–H groups in total. The minimum Gasteiger partial charge on any atom is -0.436 e. The smallest absolute Gasteiger partial charge is 0.330 e. The molecule has 0 aliphatic rings. The molecule has 10 nitrogen and oxygen atoms in total. The molecule has 0 heterocycles. The Kier molecular flexibility index (Phi) is 16.6. The van der Waals surface area contributed by atoms with Crippen LogP contribution in [0.1, 0.15) is 12.5 Å². The fraction of sp³-hybridized carbons (Fsp3) is 0.760. The summed E-state index contributed by atoms with van der Waals surface area (Å²) in [5.74, 6) is 0. The first-order chi connectivity index (χ1) is 17.8. The molecule has 0 amide bonds. The van der Waals surface area contributed by atoms with Gasteiger partial charge in [0.15, 0.2) is 8.32 Å². The zero-order valence-corrected chi connectivity index (χ0v) is 27.8. The summed E-state index contributed by atoms with van der Waals surface area (Å²) >= 11 is 0. The maximum atomic E-state index is 10.1. The van der Waals surface area contributed by atoms with Gasteiger partial charge >= 0.3 is 17.1 Å². The maximum absolute atomic E-state index is 10.1. The summed E-state index contributed by atoms with van der Waals surface area (Å²) in [5.41, 5.74) is 7.74. The van der Waals surface area contributed by atoms with Crippen molar-refractivity contribution in [1.82, 2.24) is 10.6 Å². The molecular formula is C25H53N3O7Si3. The summed E-state index contributed by atoms with van der Waals surface area (Å²) in [6.45, 7) is 16.3. The molecule has 1 rings (SSSR count). The Morgan fingerprint density at radius 3 is 2.05 bits per heavy atom. The number of methoxy groups -OCH3 is 1. The SMILES string of the molecule is COC(C)COCCOCC(O)CNCCNC[Si](C)(O[Si](C)(C)C)O[Si](C)(Cc1ccc(N)cc1)OC. The number of nitrogens with two attached hydrogens (primary N) is 1. The standard InChI is InChI=1S/C25H53N3O7Si3/c1-22(30-2)18-32-15-16-33-19-25(29)17-27-13-14-28-21-38(8,34-36(4,5)6)35-37(7,31-3)20-23-9-11-24(26)12-10-23/h9-12,22,25,27-29H,13-21,26H2,1-8H3. The van der Waals surface area contributed by atoms with E-state index in [1.807, 2.05) is 31.2 Å². The van der Waals surface area contributed by atoms with Crippen LogP contribution in [-0.4, -0.2) is 109 Å². The van der Waals surface area contributed by atoms with Gasteiger partial charge in [-0.2, -0.15) is 0 Å². The first-order valence-electron chi connectivity index (χ1n) is 13.4. The number of aliphatic hydroxyl groups is 1. The molecule has 0 spiro atoms. The fourth-order valence-electron chi connectivity index (χ4n) is 3.83. The Morgan fingerprint density at radius 2 is 1.47 bits per heavy atom. The van der Waals surface area contributed by atoms with Crippen LogP contribution < -0.4 is 16.4 Å². The lowest BCUT2D eigenvalue weighted by molar-refractivity contribution is -0.0220. The summed E-state index contributed by atoms with van der Waals surface area (Å²) in [7, 11) is -3.59. The summed E-state index contributed by atoms with van der Waals surface area (Å²) in [4.78, 5) is 0. The highest BCUT2D eigenvalue weighted by Gasteiger charge is 2.44. The highest BCUT2D eigenvalue weighted by atomic mass is 28.5. The molecule has 0 fully saturated rings. The van der Waals surface area contributed by atoms with E-state index in [-0.39, 0.29) is 12.7 Å². The van der Waals surface area contributed by atoms with Gasteiger partial charge in [-0.05, 0) is 57.4 Å². The molecule has 222 valence electrons. The lowest BCUT2D eigenvalue weighted by Gasteiger charge is -2.40. The second kappa shape index (κ2) is 17.9. The number of benzene rings is 1. The van der Waals surface area contributed by atoms with E-state index >= 15 is 0 Å². The van der Waals surface area contributed by atoms with E-state index in [1.165, 1.54) is 0 Å². The third kappa shape index (κ3) is 16.4. The van der Waals surface area contributed by atoms with Crippen molar-refractivity contribution in [3.63, 3.8) is 0 Å². The predicted octanol–water partition coefficient (Wildman–Crippen LogP) is 2.16. The first-order valence-corrected chi connectivity index (χ1v) is 21.8. The number of rotatable bonds is 22. The quantitative estimate of drug-likeness (QED) is 0.0905. The lowest BCUT2D eigenvalue weighted by atomic mass is 10.2. The van der Waals surface area contributed by atoms with Gasteiger partial charge in [-0.3, -0.25) is 0 Å². The van der Waals surface area contributed by atoms with Gasteiger partial charge in [-0.25, -0.2) is 0 Å². The van der Waals surface area contributed by atoms with Gasteiger partial charge in [0.1, 0.15) is 0 Å². The third-order valence-electron chi connectivity index (χ3n) is 5.63. The van der Waals surface area contributed by atoms with Crippen LogP contribution in [0.4, 0.5) is 5.69 Å². The van der Waals surface area contributed by atoms with Gasteiger partial charge in [-0.1, -0.05) is 12.1 Å². The number of ether oxygens (including phenoxy) is 3. The molecule has 0 aliphatic carbocycles. The van der Waals surface area contributed by atoms with E-state index in [4.69, 9.17) is 32.6 Å². The minimum absolute atomic E-state index is 0.0637. The zero-order valence-electron chi connectivity index (χ0n) is 24.8. The zero-order chi connectivity index (χ0) is 28.7. The van der Waals surface area contributed by atoms with E-state index < -0.39 is 31.5 Å². The van der Waals surface area contributed by atoms with Gasteiger partial charge in [0.05, 0.1) is 38.6 Å². The molecule has 0 radical (unpaired) electrons. The Labute approximate surface area is 233 Å². The minimum atomic E-state index is -2.58. The molecular weight excluding hydrogens is 539 g/mol. The highest BCUT2D eigenvalue weighted by molar-refractivity contribution is 6.86. The summed E-state index contributed by atoms with van der Waals surface area (Å²) in [6.07, 6.45) is 0.140. The van der Waals surface area contributed by atoms with Crippen LogP contribution in [-0.2, 0) is 32.9 Å². The molecule has 38 heavy (non-hydrogen) atoms. The van der Waals surface area contributed by atoms with Crippen LogP contribution >= 0.6 is 0 Å².